The molecule has 0 saturated carbocycles. The van der Waals surface area contributed by atoms with Gasteiger partial charge in [-0.15, -0.1) is 0 Å². The number of carbonyl (C=O) groups excluding carboxylic acids is 3. The van der Waals surface area contributed by atoms with Crippen molar-refractivity contribution in [1.29, 1.82) is 0 Å². The molecule has 152 valence electrons. The van der Waals surface area contributed by atoms with Crippen LogP contribution in [0.25, 0.3) is 0 Å². The Bertz CT molecular complexity index is 888. The molecule has 4 amide bonds. The van der Waals surface area contributed by atoms with Gasteiger partial charge in [0, 0.05) is 17.2 Å². The van der Waals surface area contributed by atoms with E-state index in [0.717, 1.165) is 0 Å². The van der Waals surface area contributed by atoms with E-state index in [1.807, 2.05) is 16.2 Å². The van der Waals surface area contributed by atoms with Gasteiger partial charge in [0.25, 0.3) is 17.5 Å². The fraction of sp³-hybridized carbons (Fsp3) is 0.118. The molecule has 0 aliphatic heterocycles. The average Bonchev–Trinajstić information content (AvgIpc) is 2.70. The summed E-state index contributed by atoms with van der Waals surface area (Å²) < 4.78 is 10.3. The number of carbonyl (C=O) groups is 3. The maximum Gasteiger partial charge on any atom is 0.340 e. The van der Waals surface area contributed by atoms with Crippen LogP contribution in [-0.2, 0) is 9.59 Å². The van der Waals surface area contributed by atoms with Crippen molar-refractivity contribution in [2.24, 2.45) is 0 Å². The van der Waals surface area contributed by atoms with Crippen LogP contribution in [0.15, 0.2) is 48.5 Å². The van der Waals surface area contributed by atoms with Gasteiger partial charge in [0.1, 0.15) is 11.5 Å². The molecule has 0 spiro atoms. The number of ether oxygens (including phenoxy) is 2. The molecule has 0 radical (unpaired) electrons. The molecule has 2 rings (SSSR count). The lowest BCUT2D eigenvalue weighted by Crippen LogP contribution is -2.50. The standard InChI is InChI=1S/C17H15ClN4O7/c18-11-1-5-13(6-2-11)28-9-15(23)19-17(25)21-20-16(24)10-29-14-7-3-12(4-8-14)22(26)27/h1-8H,9-10H2,(H,20,24)(H2,19,21,23,25). The van der Waals surface area contributed by atoms with Gasteiger partial charge < -0.3 is 9.47 Å². The topological polar surface area (TPSA) is 149 Å². The van der Waals surface area contributed by atoms with Crippen LogP contribution in [-0.4, -0.2) is 36.0 Å². The highest BCUT2D eigenvalue weighted by atomic mass is 35.5. The fourth-order valence-electron chi connectivity index (χ4n) is 1.85. The molecule has 0 aliphatic rings. The maximum absolute atomic E-state index is 11.6. The van der Waals surface area contributed by atoms with Gasteiger partial charge in [-0.2, -0.15) is 0 Å². The van der Waals surface area contributed by atoms with E-state index in [0.29, 0.717) is 10.8 Å². The minimum absolute atomic E-state index is 0.121. The smallest absolute Gasteiger partial charge is 0.340 e. The van der Waals surface area contributed by atoms with Gasteiger partial charge in [-0.1, -0.05) is 11.6 Å². The quantitative estimate of drug-likeness (QED) is 0.452. The number of benzene rings is 2. The zero-order chi connectivity index (χ0) is 21.2. The van der Waals surface area contributed by atoms with Crippen molar-refractivity contribution in [2.75, 3.05) is 13.2 Å². The molecule has 0 atom stereocenters. The number of non-ortho nitro benzene ring substituents is 1. The van der Waals surface area contributed by atoms with E-state index >= 15 is 0 Å². The largest absolute Gasteiger partial charge is 0.484 e. The first-order valence-electron chi connectivity index (χ1n) is 7.98. The zero-order valence-electron chi connectivity index (χ0n) is 14.7. The highest BCUT2D eigenvalue weighted by molar-refractivity contribution is 6.30. The van der Waals surface area contributed by atoms with Gasteiger partial charge in [-0.25, -0.2) is 10.2 Å². The van der Waals surface area contributed by atoms with Crippen LogP contribution in [0.3, 0.4) is 0 Å². The second-order valence-corrected chi connectivity index (χ2v) is 5.77. The lowest BCUT2D eigenvalue weighted by Gasteiger charge is -2.10. The van der Waals surface area contributed by atoms with Gasteiger partial charge >= 0.3 is 6.03 Å². The number of hydrogen-bond acceptors (Lipinski definition) is 7. The predicted molar refractivity (Wildman–Crippen MR) is 100 cm³/mol. The lowest BCUT2D eigenvalue weighted by molar-refractivity contribution is -0.384. The summed E-state index contributed by atoms with van der Waals surface area (Å²) in [5, 5.41) is 13.0. The zero-order valence-corrected chi connectivity index (χ0v) is 15.5. The van der Waals surface area contributed by atoms with Gasteiger partial charge in [0.2, 0.25) is 0 Å². The number of nitrogens with one attached hydrogen (secondary N) is 3. The first kappa shape index (κ1) is 21.4. The number of halogens is 1. The van der Waals surface area contributed by atoms with Crippen molar-refractivity contribution in [2.45, 2.75) is 0 Å². The van der Waals surface area contributed by atoms with Crippen molar-refractivity contribution in [3.63, 3.8) is 0 Å². The first-order chi connectivity index (χ1) is 13.8. The lowest BCUT2D eigenvalue weighted by atomic mass is 10.3. The molecule has 29 heavy (non-hydrogen) atoms. The summed E-state index contributed by atoms with van der Waals surface area (Å²) >= 11 is 5.72. The number of nitro groups is 1. The SMILES string of the molecule is O=C(COc1ccc([N+](=O)[O-])cc1)NNC(=O)NC(=O)COc1ccc(Cl)cc1. The number of amides is 4. The average molecular weight is 423 g/mol. The van der Waals surface area contributed by atoms with Crippen LogP contribution < -0.4 is 25.6 Å². The Morgan fingerprint density at radius 1 is 0.862 bits per heavy atom. The molecule has 0 bridgehead atoms. The molecule has 0 unspecified atom stereocenters. The summed E-state index contributed by atoms with van der Waals surface area (Å²) in [5.41, 5.74) is 3.87. The highest BCUT2D eigenvalue weighted by Crippen LogP contribution is 2.17. The number of nitrogens with zero attached hydrogens (tertiary/aromatic N) is 1. The second-order valence-electron chi connectivity index (χ2n) is 5.33. The monoisotopic (exact) mass is 422 g/mol. The van der Waals surface area contributed by atoms with E-state index in [2.05, 4.69) is 0 Å². The normalized spacial score (nSPS) is 9.83. The van der Waals surface area contributed by atoms with E-state index in [-0.39, 0.29) is 11.4 Å². The molecule has 3 N–H and O–H groups in total. The van der Waals surface area contributed by atoms with Crippen LogP contribution in [0, 0.1) is 10.1 Å². The molecule has 0 heterocycles. The number of hydrazine groups is 1. The molecule has 0 saturated heterocycles. The molecule has 0 aromatic heterocycles. The molecule has 11 nitrogen and oxygen atoms in total. The summed E-state index contributed by atoms with van der Waals surface area (Å²) in [5.74, 6) is -0.844. The Kier molecular flexibility index (Phi) is 7.74. The fourth-order valence-corrected chi connectivity index (χ4v) is 1.98. The molecular formula is C17H15ClN4O7. The minimum Gasteiger partial charge on any atom is -0.484 e. The molecule has 0 aliphatic carbocycles. The van der Waals surface area contributed by atoms with Crippen LogP contribution >= 0.6 is 11.6 Å². The van der Waals surface area contributed by atoms with Crippen LogP contribution in [0.4, 0.5) is 10.5 Å². The van der Waals surface area contributed by atoms with E-state index in [1.54, 1.807) is 24.3 Å². The Morgan fingerprint density at radius 3 is 1.93 bits per heavy atom. The summed E-state index contributed by atoms with van der Waals surface area (Å²) in [6.07, 6.45) is 0. The Morgan fingerprint density at radius 2 is 1.38 bits per heavy atom. The van der Waals surface area contributed by atoms with Crippen LogP contribution in [0.2, 0.25) is 5.02 Å². The number of rotatable bonds is 7. The van der Waals surface area contributed by atoms with Gasteiger partial charge in [0.05, 0.1) is 4.92 Å². The highest BCUT2D eigenvalue weighted by Gasteiger charge is 2.10. The molecule has 2 aromatic rings. The van der Waals surface area contributed by atoms with E-state index in [9.17, 15) is 24.5 Å². The summed E-state index contributed by atoms with van der Waals surface area (Å²) in [6.45, 7) is -0.891. The number of nitro benzene ring substituents is 1. The van der Waals surface area contributed by atoms with Crippen molar-refractivity contribution in [3.05, 3.63) is 63.7 Å². The second kappa shape index (κ2) is 10.5. The predicted octanol–water partition coefficient (Wildman–Crippen LogP) is 1.56. The Balaban J connectivity index is 1.64. The van der Waals surface area contributed by atoms with Gasteiger partial charge in [-0.3, -0.25) is 30.4 Å². The molecular weight excluding hydrogens is 408 g/mol. The van der Waals surface area contributed by atoms with E-state index in [1.165, 1.54) is 24.3 Å². The number of urea groups is 1. The van der Waals surface area contributed by atoms with Crippen LogP contribution in [0.1, 0.15) is 0 Å². The summed E-state index contributed by atoms with van der Waals surface area (Å²) in [7, 11) is 0. The van der Waals surface area contributed by atoms with E-state index in [4.69, 9.17) is 21.1 Å². The van der Waals surface area contributed by atoms with Crippen molar-refractivity contribution in [1.82, 2.24) is 16.2 Å². The van der Waals surface area contributed by atoms with Gasteiger partial charge in [0.15, 0.2) is 13.2 Å². The molecule has 2 aromatic carbocycles. The first-order valence-corrected chi connectivity index (χ1v) is 8.35. The van der Waals surface area contributed by atoms with Gasteiger partial charge in [-0.05, 0) is 36.4 Å². The minimum atomic E-state index is -0.974. The molecule has 12 heteroatoms. The van der Waals surface area contributed by atoms with Crippen molar-refractivity contribution < 1.29 is 28.8 Å². The Hall–Kier alpha value is -3.86. The van der Waals surface area contributed by atoms with Crippen molar-refractivity contribution >= 4 is 35.1 Å². The maximum atomic E-state index is 11.6. The third kappa shape index (κ3) is 7.72. The third-order valence-electron chi connectivity index (χ3n) is 3.17. The van der Waals surface area contributed by atoms with E-state index < -0.39 is 36.0 Å². The van der Waals surface area contributed by atoms with Crippen LogP contribution in [0.5, 0.6) is 11.5 Å². The number of hydrogen-bond donors (Lipinski definition) is 3. The summed E-state index contributed by atoms with van der Waals surface area (Å²) in [4.78, 5) is 44.8. The van der Waals surface area contributed by atoms with Crippen molar-refractivity contribution in [3.8, 4) is 11.5 Å². The Labute approximate surface area is 169 Å². The number of imide groups is 1. The summed E-state index contributed by atoms with van der Waals surface area (Å²) in [6, 6.07) is 10.4. The third-order valence-corrected chi connectivity index (χ3v) is 3.42. The molecule has 0 fully saturated rings.